The number of furan rings is 1. The van der Waals surface area contributed by atoms with Crippen LogP contribution in [0.1, 0.15) is 5.76 Å². The van der Waals surface area contributed by atoms with E-state index in [9.17, 15) is 4.79 Å². The molecule has 5 heteroatoms. The van der Waals surface area contributed by atoms with Crippen LogP contribution in [0.5, 0.6) is 0 Å². The number of nitrogens with two attached hydrogens (primary N) is 1. The first-order valence-electron chi connectivity index (χ1n) is 3.92. The van der Waals surface area contributed by atoms with Crippen LogP contribution in [-0.2, 0) is 11.3 Å². The standard InChI is InChI=1S/C8H12N2O3/c9-4-7(11)8(12)10-5-6-2-1-3-13-6/h1-3,7,11H,4-5,9H2,(H,10,12). The summed E-state index contributed by atoms with van der Waals surface area (Å²) in [4.78, 5) is 11.0. The summed E-state index contributed by atoms with van der Waals surface area (Å²) in [5, 5.41) is 11.5. The Balaban J connectivity index is 2.31. The Labute approximate surface area is 75.5 Å². The van der Waals surface area contributed by atoms with E-state index in [-0.39, 0.29) is 13.1 Å². The minimum atomic E-state index is -1.14. The first-order valence-corrected chi connectivity index (χ1v) is 3.92. The molecule has 1 rings (SSSR count). The molecule has 0 fully saturated rings. The van der Waals surface area contributed by atoms with Gasteiger partial charge in [-0.3, -0.25) is 4.79 Å². The SMILES string of the molecule is NCC(O)C(=O)NCc1ccco1. The summed E-state index contributed by atoms with van der Waals surface area (Å²) in [6.07, 6.45) is 0.371. The lowest BCUT2D eigenvalue weighted by molar-refractivity contribution is -0.129. The Morgan fingerprint density at radius 2 is 2.54 bits per heavy atom. The zero-order chi connectivity index (χ0) is 9.68. The molecule has 1 heterocycles. The van der Waals surface area contributed by atoms with E-state index < -0.39 is 12.0 Å². The number of rotatable bonds is 4. The molecule has 0 aliphatic rings. The number of hydrogen-bond donors (Lipinski definition) is 3. The summed E-state index contributed by atoms with van der Waals surface area (Å²) >= 11 is 0. The van der Waals surface area contributed by atoms with Crippen molar-refractivity contribution in [2.45, 2.75) is 12.6 Å². The van der Waals surface area contributed by atoms with E-state index in [4.69, 9.17) is 15.3 Å². The van der Waals surface area contributed by atoms with Crippen LogP contribution in [-0.4, -0.2) is 23.7 Å². The van der Waals surface area contributed by atoms with Gasteiger partial charge in [-0.1, -0.05) is 0 Å². The summed E-state index contributed by atoms with van der Waals surface area (Å²) in [5.74, 6) is 0.150. The van der Waals surface area contributed by atoms with E-state index in [0.29, 0.717) is 5.76 Å². The van der Waals surface area contributed by atoms with Gasteiger partial charge in [0.15, 0.2) is 0 Å². The Hall–Kier alpha value is -1.33. The second-order valence-corrected chi connectivity index (χ2v) is 2.55. The van der Waals surface area contributed by atoms with E-state index in [2.05, 4.69) is 5.32 Å². The summed E-state index contributed by atoms with van der Waals surface area (Å²) in [7, 11) is 0. The molecular weight excluding hydrogens is 172 g/mol. The molecule has 1 aromatic rings. The van der Waals surface area contributed by atoms with Gasteiger partial charge in [0.25, 0.3) is 5.91 Å². The maximum absolute atomic E-state index is 11.0. The summed E-state index contributed by atoms with van der Waals surface area (Å²) < 4.78 is 4.97. The van der Waals surface area contributed by atoms with Gasteiger partial charge in [-0.25, -0.2) is 0 Å². The molecule has 13 heavy (non-hydrogen) atoms. The van der Waals surface area contributed by atoms with E-state index in [1.54, 1.807) is 12.1 Å². The van der Waals surface area contributed by atoms with Crippen LogP contribution in [0.4, 0.5) is 0 Å². The molecule has 1 aromatic heterocycles. The van der Waals surface area contributed by atoms with Crippen LogP contribution in [0.25, 0.3) is 0 Å². The van der Waals surface area contributed by atoms with Crippen molar-refractivity contribution >= 4 is 5.91 Å². The Morgan fingerprint density at radius 3 is 3.08 bits per heavy atom. The van der Waals surface area contributed by atoms with Crippen molar-refractivity contribution in [2.75, 3.05) is 6.54 Å². The highest BCUT2D eigenvalue weighted by Crippen LogP contribution is 1.98. The van der Waals surface area contributed by atoms with Crippen LogP contribution in [0.15, 0.2) is 22.8 Å². The molecule has 4 N–H and O–H groups in total. The van der Waals surface area contributed by atoms with E-state index in [0.717, 1.165) is 0 Å². The summed E-state index contributed by atoms with van der Waals surface area (Å²) in [5.41, 5.74) is 5.09. The zero-order valence-electron chi connectivity index (χ0n) is 7.06. The Bertz CT molecular complexity index is 258. The van der Waals surface area contributed by atoms with Gasteiger partial charge in [-0.05, 0) is 12.1 Å². The third-order valence-electron chi connectivity index (χ3n) is 1.54. The quantitative estimate of drug-likeness (QED) is 0.572. The van der Waals surface area contributed by atoms with E-state index in [1.807, 2.05) is 0 Å². The molecule has 72 valence electrons. The van der Waals surface area contributed by atoms with Gasteiger partial charge >= 0.3 is 0 Å². The van der Waals surface area contributed by atoms with Gasteiger partial charge in [0.2, 0.25) is 0 Å². The van der Waals surface area contributed by atoms with Crippen molar-refractivity contribution in [3.05, 3.63) is 24.2 Å². The molecule has 0 spiro atoms. The second kappa shape index (κ2) is 4.64. The fourth-order valence-electron chi connectivity index (χ4n) is 0.812. The molecule has 1 amide bonds. The van der Waals surface area contributed by atoms with Crippen molar-refractivity contribution in [2.24, 2.45) is 5.73 Å². The lowest BCUT2D eigenvalue weighted by Gasteiger charge is -2.07. The van der Waals surface area contributed by atoms with Gasteiger partial charge in [0, 0.05) is 6.54 Å². The molecule has 5 nitrogen and oxygen atoms in total. The summed E-state index contributed by atoms with van der Waals surface area (Å²) in [6, 6.07) is 3.45. The minimum absolute atomic E-state index is 0.0794. The van der Waals surface area contributed by atoms with Gasteiger partial charge in [-0.2, -0.15) is 0 Å². The first-order chi connectivity index (χ1) is 6.24. The smallest absolute Gasteiger partial charge is 0.250 e. The largest absolute Gasteiger partial charge is 0.467 e. The van der Waals surface area contributed by atoms with Crippen LogP contribution < -0.4 is 11.1 Å². The first kappa shape index (κ1) is 9.76. The number of aliphatic hydroxyl groups is 1. The van der Waals surface area contributed by atoms with E-state index in [1.165, 1.54) is 6.26 Å². The number of nitrogens with one attached hydrogen (secondary N) is 1. The molecule has 1 unspecified atom stereocenters. The minimum Gasteiger partial charge on any atom is -0.467 e. The third kappa shape index (κ3) is 2.89. The number of carbonyl (C=O) groups is 1. The van der Waals surface area contributed by atoms with Gasteiger partial charge in [0.05, 0.1) is 12.8 Å². The zero-order valence-corrected chi connectivity index (χ0v) is 7.06. The lowest BCUT2D eigenvalue weighted by Crippen LogP contribution is -2.38. The average molecular weight is 184 g/mol. The van der Waals surface area contributed by atoms with Gasteiger partial charge in [-0.15, -0.1) is 0 Å². The van der Waals surface area contributed by atoms with Crippen molar-refractivity contribution in [1.29, 1.82) is 0 Å². The van der Waals surface area contributed by atoms with Crippen molar-refractivity contribution < 1.29 is 14.3 Å². The molecule has 0 saturated heterocycles. The van der Waals surface area contributed by atoms with Crippen LogP contribution in [0.3, 0.4) is 0 Å². The third-order valence-corrected chi connectivity index (χ3v) is 1.54. The fraction of sp³-hybridized carbons (Fsp3) is 0.375. The average Bonchev–Trinajstić information content (AvgIpc) is 2.65. The Kier molecular flexibility index (Phi) is 3.48. The van der Waals surface area contributed by atoms with Crippen LogP contribution in [0.2, 0.25) is 0 Å². The predicted molar refractivity (Wildman–Crippen MR) is 45.6 cm³/mol. The van der Waals surface area contributed by atoms with Gasteiger partial charge < -0.3 is 20.6 Å². The number of amides is 1. The highest BCUT2D eigenvalue weighted by Gasteiger charge is 2.11. The van der Waals surface area contributed by atoms with Crippen molar-refractivity contribution in [3.8, 4) is 0 Å². The molecule has 0 aromatic carbocycles. The maximum Gasteiger partial charge on any atom is 0.250 e. The molecule has 0 aliphatic carbocycles. The normalized spacial score (nSPS) is 12.5. The fourth-order valence-corrected chi connectivity index (χ4v) is 0.812. The highest BCUT2D eigenvalue weighted by molar-refractivity contribution is 5.80. The van der Waals surface area contributed by atoms with Crippen LogP contribution >= 0.6 is 0 Å². The molecule has 1 atom stereocenters. The number of carbonyl (C=O) groups excluding carboxylic acids is 1. The number of hydrogen-bond acceptors (Lipinski definition) is 4. The molecular formula is C8H12N2O3. The molecule has 0 bridgehead atoms. The predicted octanol–water partition coefficient (Wildman–Crippen LogP) is -0.785. The van der Waals surface area contributed by atoms with Crippen molar-refractivity contribution in [1.82, 2.24) is 5.32 Å². The highest BCUT2D eigenvalue weighted by atomic mass is 16.3. The monoisotopic (exact) mass is 184 g/mol. The van der Waals surface area contributed by atoms with Crippen molar-refractivity contribution in [3.63, 3.8) is 0 Å². The molecule has 0 aliphatic heterocycles. The van der Waals surface area contributed by atoms with Gasteiger partial charge in [0.1, 0.15) is 11.9 Å². The van der Waals surface area contributed by atoms with Crippen LogP contribution in [0, 0.1) is 0 Å². The number of aliphatic hydroxyl groups excluding tert-OH is 1. The maximum atomic E-state index is 11.0. The lowest BCUT2D eigenvalue weighted by atomic mass is 10.3. The topological polar surface area (TPSA) is 88.5 Å². The Morgan fingerprint density at radius 1 is 1.77 bits per heavy atom. The molecule has 0 saturated carbocycles. The second-order valence-electron chi connectivity index (χ2n) is 2.55. The summed E-state index contributed by atoms with van der Waals surface area (Å²) in [6.45, 7) is 0.187. The molecule has 0 radical (unpaired) electrons. The van der Waals surface area contributed by atoms with E-state index >= 15 is 0 Å².